The zero-order valence-corrected chi connectivity index (χ0v) is 17.9. The number of halogens is 3. The molecule has 1 N–H and O–H groups in total. The van der Waals surface area contributed by atoms with Crippen LogP contribution in [0, 0.1) is 6.92 Å². The first-order valence-electron chi connectivity index (χ1n) is 7.96. The van der Waals surface area contributed by atoms with E-state index in [4.69, 9.17) is 39.5 Å². The molecule has 0 aliphatic carbocycles. The van der Waals surface area contributed by atoms with Crippen molar-refractivity contribution in [3.63, 3.8) is 0 Å². The Morgan fingerprint density at radius 3 is 2.32 bits per heavy atom. The molecule has 0 saturated carbocycles. The summed E-state index contributed by atoms with van der Waals surface area (Å²) in [4.78, 5) is 11.7. The molecular formula is C18H15Cl3N2O4S. The fourth-order valence-corrected chi connectivity index (χ4v) is 4.89. The van der Waals surface area contributed by atoms with Crippen LogP contribution in [-0.2, 0) is 26.1 Å². The Balaban J connectivity index is 2.16. The minimum atomic E-state index is -4.00. The molecular weight excluding hydrogens is 447 g/mol. The predicted octanol–water partition coefficient (Wildman–Crippen LogP) is 4.88. The molecule has 10 heteroatoms. The largest absolute Gasteiger partial charge is 0.468 e. The molecule has 148 valence electrons. The van der Waals surface area contributed by atoms with Crippen LogP contribution in [0.1, 0.15) is 5.69 Å². The zero-order chi connectivity index (χ0) is 20.6. The Hall–Kier alpha value is -1.93. The number of sulfonamides is 1. The summed E-state index contributed by atoms with van der Waals surface area (Å²) in [7, 11) is -2.71. The first kappa shape index (κ1) is 20.8. The van der Waals surface area contributed by atoms with E-state index in [2.05, 4.69) is 4.72 Å². The monoisotopic (exact) mass is 460 g/mol. The topological polar surface area (TPSA) is 77.4 Å². The third-order valence-corrected chi connectivity index (χ3v) is 6.18. The van der Waals surface area contributed by atoms with Crippen LogP contribution in [0.4, 0.5) is 5.69 Å². The van der Waals surface area contributed by atoms with Gasteiger partial charge in [-0.3, -0.25) is 9.52 Å². The smallest absolute Gasteiger partial charge is 0.325 e. The minimum Gasteiger partial charge on any atom is -0.468 e. The number of esters is 1. The van der Waals surface area contributed by atoms with Crippen molar-refractivity contribution in [3.05, 3.63) is 57.2 Å². The highest BCUT2D eigenvalue weighted by atomic mass is 35.5. The Morgan fingerprint density at radius 2 is 1.71 bits per heavy atom. The first-order valence-corrected chi connectivity index (χ1v) is 10.6. The van der Waals surface area contributed by atoms with Gasteiger partial charge in [-0.25, -0.2) is 8.42 Å². The summed E-state index contributed by atoms with van der Waals surface area (Å²) in [5, 5.41) is 1.36. The maximum Gasteiger partial charge on any atom is 0.325 e. The van der Waals surface area contributed by atoms with Crippen molar-refractivity contribution in [2.45, 2.75) is 18.4 Å². The summed E-state index contributed by atoms with van der Waals surface area (Å²) in [6.45, 7) is 1.62. The van der Waals surface area contributed by atoms with E-state index in [9.17, 15) is 13.2 Å². The zero-order valence-electron chi connectivity index (χ0n) is 14.8. The molecule has 0 spiro atoms. The maximum atomic E-state index is 12.9. The van der Waals surface area contributed by atoms with Crippen molar-refractivity contribution in [3.8, 4) is 0 Å². The molecule has 3 aromatic rings. The second-order valence-electron chi connectivity index (χ2n) is 5.99. The van der Waals surface area contributed by atoms with Crippen LogP contribution < -0.4 is 4.72 Å². The van der Waals surface area contributed by atoms with Crippen molar-refractivity contribution in [1.82, 2.24) is 4.57 Å². The van der Waals surface area contributed by atoms with E-state index in [1.54, 1.807) is 29.7 Å². The number of fused-ring (bicyclic) bond motifs is 1. The lowest BCUT2D eigenvalue weighted by Gasteiger charge is -2.10. The highest BCUT2D eigenvalue weighted by Crippen LogP contribution is 2.35. The van der Waals surface area contributed by atoms with Crippen LogP contribution in [0.2, 0.25) is 15.1 Å². The summed E-state index contributed by atoms with van der Waals surface area (Å²) >= 11 is 18.0. The van der Waals surface area contributed by atoms with E-state index in [1.165, 1.54) is 25.3 Å². The Kier molecular flexibility index (Phi) is 5.82. The van der Waals surface area contributed by atoms with Gasteiger partial charge in [0, 0.05) is 26.1 Å². The number of nitrogens with one attached hydrogen (secondary N) is 1. The number of methoxy groups -OCH3 is 1. The van der Waals surface area contributed by atoms with Crippen LogP contribution in [0.25, 0.3) is 10.9 Å². The lowest BCUT2D eigenvalue weighted by atomic mass is 10.2. The standard InChI is InChI=1S/C18H15Cl3N2O4S/c1-10-18(22-28(25,26)14-6-12(20)5-13(21)7-14)15-8-11(19)3-4-16(15)23(10)9-17(24)27-2/h3-8,22H,9H2,1-2H3. The SMILES string of the molecule is COC(=O)Cn1c(C)c(NS(=O)(=O)c2cc(Cl)cc(Cl)c2)c2cc(Cl)ccc21. The molecule has 0 aliphatic heterocycles. The van der Waals surface area contributed by atoms with Gasteiger partial charge in [-0.05, 0) is 43.3 Å². The number of aromatic nitrogens is 1. The third kappa shape index (κ3) is 4.07. The van der Waals surface area contributed by atoms with Crippen LogP contribution >= 0.6 is 34.8 Å². The van der Waals surface area contributed by atoms with Gasteiger partial charge in [0.25, 0.3) is 10.0 Å². The number of rotatable bonds is 5. The van der Waals surface area contributed by atoms with Crippen molar-refractivity contribution in [2.24, 2.45) is 0 Å². The van der Waals surface area contributed by atoms with Gasteiger partial charge in [0.15, 0.2) is 0 Å². The summed E-state index contributed by atoms with van der Waals surface area (Å²) < 4.78 is 34.8. The summed E-state index contributed by atoms with van der Waals surface area (Å²) in [6, 6.07) is 9.03. The fourth-order valence-electron chi connectivity index (χ4n) is 2.86. The van der Waals surface area contributed by atoms with E-state index >= 15 is 0 Å². The van der Waals surface area contributed by atoms with Crippen molar-refractivity contribution in [1.29, 1.82) is 0 Å². The molecule has 0 saturated heterocycles. The van der Waals surface area contributed by atoms with E-state index in [0.717, 1.165) is 0 Å². The predicted molar refractivity (Wildman–Crippen MR) is 111 cm³/mol. The number of hydrogen-bond acceptors (Lipinski definition) is 4. The van der Waals surface area contributed by atoms with E-state index in [-0.39, 0.29) is 21.5 Å². The maximum absolute atomic E-state index is 12.9. The number of hydrogen-bond donors (Lipinski definition) is 1. The van der Waals surface area contributed by atoms with Crippen LogP contribution in [0.5, 0.6) is 0 Å². The highest BCUT2D eigenvalue weighted by molar-refractivity contribution is 7.92. The van der Waals surface area contributed by atoms with Crippen LogP contribution in [0.3, 0.4) is 0 Å². The first-order chi connectivity index (χ1) is 13.1. The average molecular weight is 462 g/mol. The summed E-state index contributed by atoms with van der Waals surface area (Å²) in [5.41, 5.74) is 1.46. The normalized spacial score (nSPS) is 11.6. The minimum absolute atomic E-state index is 0.0782. The lowest BCUT2D eigenvalue weighted by molar-refractivity contribution is -0.141. The number of benzene rings is 2. The molecule has 0 aliphatic rings. The van der Waals surface area contributed by atoms with E-state index in [0.29, 0.717) is 27.3 Å². The Morgan fingerprint density at radius 1 is 1.07 bits per heavy atom. The number of anilines is 1. The molecule has 0 fully saturated rings. The number of nitrogens with zero attached hydrogens (tertiary/aromatic N) is 1. The molecule has 1 heterocycles. The molecule has 3 rings (SSSR count). The van der Waals surface area contributed by atoms with Gasteiger partial charge in [-0.2, -0.15) is 0 Å². The molecule has 0 bridgehead atoms. The second kappa shape index (κ2) is 7.83. The molecule has 2 aromatic carbocycles. The van der Waals surface area contributed by atoms with Gasteiger partial charge in [-0.1, -0.05) is 34.8 Å². The van der Waals surface area contributed by atoms with Gasteiger partial charge in [0.2, 0.25) is 0 Å². The fraction of sp³-hybridized carbons (Fsp3) is 0.167. The number of ether oxygens (including phenoxy) is 1. The number of carbonyl (C=O) groups excluding carboxylic acids is 1. The third-order valence-electron chi connectivity index (χ3n) is 4.18. The second-order valence-corrected chi connectivity index (χ2v) is 8.99. The van der Waals surface area contributed by atoms with Gasteiger partial charge in [0.1, 0.15) is 6.54 Å². The molecule has 0 radical (unpaired) electrons. The van der Waals surface area contributed by atoms with Crippen LogP contribution in [-0.4, -0.2) is 26.1 Å². The number of carbonyl (C=O) groups is 1. The Bertz CT molecular complexity index is 1170. The molecule has 0 unspecified atom stereocenters. The summed E-state index contributed by atoms with van der Waals surface area (Å²) in [6.07, 6.45) is 0. The van der Waals surface area contributed by atoms with E-state index < -0.39 is 16.0 Å². The van der Waals surface area contributed by atoms with Gasteiger partial charge in [0.05, 0.1) is 23.2 Å². The molecule has 0 atom stereocenters. The van der Waals surface area contributed by atoms with Crippen molar-refractivity contribution >= 4 is 67.4 Å². The quantitative estimate of drug-likeness (QED) is 0.549. The Labute approximate surface area is 177 Å². The average Bonchev–Trinajstić information content (AvgIpc) is 2.85. The van der Waals surface area contributed by atoms with Gasteiger partial charge >= 0.3 is 5.97 Å². The van der Waals surface area contributed by atoms with E-state index in [1.807, 2.05) is 0 Å². The molecule has 1 aromatic heterocycles. The van der Waals surface area contributed by atoms with Crippen molar-refractivity contribution in [2.75, 3.05) is 11.8 Å². The lowest BCUT2D eigenvalue weighted by Crippen LogP contribution is -2.15. The van der Waals surface area contributed by atoms with Crippen LogP contribution in [0.15, 0.2) is 41.3 Å². The summed E-state index contributed by atoms with van der Waals surface area (Å²) in [5.74, 6) is -0.467. The van der Waals surface area contributed by atoms with Crippen molar-refractivity contribution < 1.29 is 17.9 Å². The molecule has 28 heavy (non-hydrogen) atoms. The molecule has 6 nitrogen and oxygen atoms in total. The molecule has 0 amide bonds. The highest BCUT2D eigenvalue weighted by Gasteiger charge is 2.23. The van der Waals surface area contributed by atoms with Gasteiger partial charge in [-0.15, -0.1) is 0 Å². The van der Waals surface area contributed by atoms with Gasteiger partial charge < -0.3 is 9.30 Å².